The lowest BCUT2D eigenvalue weighted by atomic mass is 10.1. The molecule has 0 spiro atoms. The van der Waals surface area contributed by atoms with Crippen LogP contribution >= 0.6 is 0 Å². The van der Waals surface area contributed by atoms with Gasteiger partial charge in [-0.3, -0.25) is 0 Å². The summed E-state index contributed by atoms with van der Waals surface area (Å²) in [7, 11) is 1.66. The Kier molecular flexibility index (Phi) is 3.48. The fraction of sp³-hybridized carbons (Fsp3) is 0.133. The molecule has 0 aliphatic heterocycles. The molecule has 0 bridgehead atoms. The quantitative estimate of drug-likeness (QED) is 0.816. The third-order valence-electron chi connectivity index (χ3n) is 3.02. The van der Waals surface area contributed by atoms with Gasteiger partial charge in [0.1, 0.15) is 6.07 Å². The van der Waals surface area contributed by atoms with Gasteiger partial charge in [0.25, 0.3) is 0 Å². The number of rotatable bonds is 2. The summed E-state index contributed by atoms with van der Waals surface area (Å²) < 4.78 is 27.6. The van der Waals surface area contributed by atoms with Crippen LogP contribution in [-0.2, 0) is 0 Å². The maximum Gasteiger partial charge on any atom is 0.183 e. The topological polar surface area (TPSA) is 27.0 Å². The van der Waals surface area contributed by atoms with E-state index in [-0.39, 0.29) is 11.3 Å². The van der Waals surface area contributed by atoms with E-state index in [1.54, 1.807) is 18.0 Å². The molecule has 4 heteroatoms. The number of hydrogen-bond acceptors (Lipinski definition) is 2. The highest BCUT2D eigenvalue weighted by molar-refractivity contribution is 5.66. The maximum atomic E-state index is 13.9. The molecule has 0 aliphatic carbocycles. The standard InChI is InChI=1S/C15H12F2N2/c1-10-5-3-4-6-12(10)19(2)13-8-7-11(9-18)14(16)15(13)17/h3-8H,1-2H3. The van der Waals surface area contributed by atoms with Gasteiger partial charge in [-0.05, 0) is 30.7 Å². The lowest BCUT2D eigenvalue weighted by Gasteiger charge is -2.22. The minimum absolute atomic E-state index is 0.103. The molecule has 0 atom stereocenters. The van der Waals surface area contributed by atoms with E-state index in [0.717, 1.165) is 11.3 Å². The van der Waals surface area contributed by atoms with Crippen molar-refractivity contribution in [1.82, 2.24) is 0 Å². The maximum absolute atomic E-state index is 13.9. The van der Waals surface area contributed by atoms with Crippen LogP contribution in [-0.4, -0.2) is 7.05 Å². The third kappa shape index (κ3) is 2.27. The zero-order chi connectivity index (χ0) is 14.0. The molecule has 2 nitrogen and oxygen atoms in total. The molecule has 2 aromatic rings. The molecule has 0 unspecified atom stereocenters. The molecule has 19 heavy (non-hydrogen) atoms. The van der Waals surface area contributed by atoms with Crippen LogP contribution < -0.4 is 4.90 Å². The van der Waals surface area contributed by atoms with Gasteiger partial charge in [-0.1, -0.05) is 18.2 Å². The van der Waals surface area contributed by atoms with Crippen LogP contribution in [0.15, 0.2) is 36.4 Å². The monoisotopic (exact) mass is 258 g/mol. The summed E-state index contributed by atoms with van der Waals surface area (Å²) >= 11 is 0. The molecule has 0 heterocycles. The Bertz CT molecular complexity index is 660. The first-order chi connectivity index (χ1) is 9.06. The molecule has 0 amide bonds. The van der Waals surface area contributed by atoms with Crippen molar-refractivity contribution in [3.05, 3.63) is 59.2 Å². The summed E-state index contributed by atoms with van der Waals surface area (Å²) in [4.78, 5) is 1.56. The lowest BCUT2D eigenvalue weighted by Crippen LogP contribution is -2.13. The highest BCUT2D eigenvalue weighted by Crippen LogP contribution is 2.30. The molecule has 0 fully saturated rings. The Morgan fingerprint density at radius 2 is 1.68 bits per heavy atom. The van der Waals surface area contributed by atoms with Crippen LogP contribution in [0.2, 0.25) is 0 Å². The van der Waals surface area contributed by atoms with Crippen LogP contribution in [0.25, 0.3) is 0 Å². The molecular formula is C15H12F2N2. The Morgan fingerprint density at radius 3 is 2.32 bits per heavy atom. The van der Waals surface area contributed by atoms with Crippen molar-refractivity contribution in [3.63, 3.8) is 0 Å². The predicted molar refractivity (Wildman–Crippen MR) is 70.3 cm³/mol. The lowest BCUT2D eigenvalue weighted by molar-refractivity contribution is 0.507. The number of hydrogen-bond donors (Lipinski definition) is 0. The summed E-state index contributed by atoms with van der Waals surface area (Å²) in [5.41, 5.74) is 1.55. The number of aryl methyl sites for hydroxylation is 1. The Balaban J connectivity index is 2.52. The molecule has 96 valence electrons. The van der Waals surface area contributed by atoms with Crippen LogP contribution in [0.3, 0.4) is 0 Å². The largest absolute Gasteiger partial charge is 0.342 e. The molecular weight excluding hydrogens is 246 g/mol. The number of para-hydroxylation sites is 1. The Morgan fingerprint density at radius 1 is 1.00 bits per heavy atom. The van der Waals surface area contributed by atoms with E-state index in [1.165, 1.54) is 12.1 Å². The smallest absolute Gasteiger partial charge is 0.183 e. The molecule has 0 aliphatic rings. The number of benzene rings is 2. The number of nitrogens with zero attached hydrogens (tertiary/aromatic N) is 2. The van der Waals surface area contributed by atoms with Gasteiger partial charge in [-0.25, -0.2) is 8.78 Å². The summed E-state index contributed by atoms with van der Waals surface area (Å²) in [6.45, 7) is 1.89. The summed E-state index contributed by atoms with van der Waals surface area (Å²) in [6.07, 6.45) is 0. The molecule has 0 saturated carbocycles. The first kappa shape index (κ1) is 13.0. The molecule has 0 radical (unpaired) electrons. The second-order valence-electron chi connectivity index (χ2n) is 4.22. The van der Waals surface area contributed by atoms with E-state index in [1.807, 2.05) is 31.2 Å². The molecule has 0 saturated heterocycles. The van der Waals surface area contributed by atoms with Gasteiger partial charge < -0.3 is 4.90 Å². The van der Waals surface area contributed by atoms with E-state index in [2.05, 4.69) is 0 Å². The first-order valence-electron chi connectivity index (χ1n) is 5.73. The van der Waals surface area contributed by atoms with Crippen LogP contribution in [0.4, 0.5) is 20.2 Å². The first-order valence-corrected chi connectivity index (χ1v) is 5.73. The molecule has 2 rings (SSSR count). The van der Waals surface area contributed by atoms with Gasteiger partial charge in [-0.15, -0.1) is 0 Å². The summed E-state index contributed by atoms with van der Waals surface area (Å²) in [5.74, 6) is -2.12. The third-order valence-corrected chi connectivity index (χ3v) is 3.02. The van der Waals surface area contributed by atoms with Crippen LogP contribution in [0.1, 0.15) is 11.1 Å². The van der Waals surface area contributed by atoms with Gasteiger partial charge >= 0.3 is 0 Å². The average molecular weight is 258 g/mol. The molecule has 2 aromatic carbocycles. The summed E-state index contributed by atoms with van der Waals surface area (Å²) in [5, 5.41) is 8.66. The van der Waals surface area contributed by atoms with Crippen molar-refractivity contribution in [2.45, 2.75) is 6.92 Å². The fourth-order valence-electron chi connectivity index (χ4n) is 1.95. The fourth-order valence-corrected chi connectivity index (χ4v) is 1.95. The Hall–Kier alpha value is -2.41. The van der Waals surface area contributed by atoms with Crippen molar-refractivity contribution in [2.75, 3.05) is 11.9 Å². The number of halogens is 2. The normalized spacial score (nSPS) is 10.1. The van der Waals surface area contributed by atoms with Crippen molar-refractivity contribution in [2.24, 2.45) is 0 Å². The molecule has 0 N–H and O–H groups in total. The van der Waals surface area contributed by atoms with E-state index >= 15 is 0 Å². The number of anilines is 2. The minimum atomic E-state index is -1.11. The highest BCUT2D eigenvalue weighted by atomic mass is 19.2. The Labute approximate surface area is 110 Å². The summed E-state index contributed by atoms with van der Waals surface area (Å²) in [6, 6.07) is 11.7. The van der Waals surface area contributed by atoms with Gasteiger partial charge in [0.2, 0.25) is 0 Å². The SMILES string of the molecule is Cc1ccccc1N(C)c1ccc(C#N)c(F)c1F. The second-order valence-corrected chi connectivity index (χ2v) is 4.22. The van der Waals surface area contributed by atoms with Crippen molar-refractivity contribution in [1.29, 1.82) is 5.26 Å². The minimum Gasteiger partial charge on any atom is -0.342 e. The van der Waals surface area contributed by atoms with Gasteiger partial charge in [-0.2, -0.15) is 5.26 Å². The number of nitriles is 1. The van der Waals surface area contributed by atoms with Gasteiger partial charge in [0.15, 0.2) is 11.6 Å². The van der Waals surface area contributed by atoms with Crippen LogP contribution in [0.5, 0.6) is 0 Å². The van der Waals surface area contributed by atoms with Crippen molar-refractivity contribution >= 4 is 11.4 Å². The zero-order valence-electron chi connectivity index (χ0n) is 10.6. The van der Waals surface area contributed by atoms with Gasteiger partial charge in [0, 0.05) is 12.7 Å². The van der Waals surface area contributed by atoms with Crippen molar-refractivity contribution in [3.8, 4) is 6.07 Å². The van der Waals surface area contributed by atoms with Crippen LogP contribution in [0, 0.1) is 29.9 Å². The predicted octanol–water partition coefficient (Wildman–Crippen LogP) is 3.91. The van der Waals surface area contributed by atoms with E-state index < -0.39 is 11.6 Å². The van der Waals surface area contributed by atoms with E-state index in [0.29, 0.717) is 0 Å². The van der Waals surface area contributed by atoms with Gasteiger partial charge in [0.05, 0.1) is 11.3 Å². The molecule has 0 aromatic heterocycles. The van der Waals surface area contributed by atoms with E-state index in [4.69, 9.17) is 5.26 Å². The second kappa shape index (κ2) is 5.07. The van der Waals surface area contributed by atoms with Crippen molar-refractivity contribution < 1.29 is 8.78 Å². The average Bonchev–Trinajstić information content (AvgIpc) is 2.41. The van der Waals surface area contributed by atoms with E-state index in [9.17, 15) is 8.78 Å². The highest BCUT2D eigenvalue weighted by Gasteiger charge is 2.17. The zero-order valence-corrected chi connectivity index (χ0v) is 10.6.